The summed E-state index contributed by atoms with van der Waals surface area (Å²) in [6.45, 7) is 1.58. The maximum Gasteiger partial charge on any atom is 0.336 e. The van der Waals surface area contributed by atoms with Gasteiger partial charge in [0.2, 0.25) is 0 Å². The molecule has 1 amide bonds. The van der Waals surface area contributed by atoms with Crippen LogP contribution in [0.2, 0.25) is 0 Å². The molecule has 3 aromatic carbocycles. The van der Waals surface area contributed by atoms with E-state index < -0.39 is 29.6 Å². The number of methoxy groups -OCH3 is 1. The number of hydrogen-bond acceptors (Lipinski definition) is 6. The van der Waals surface area contributed by atoms with Gasteiger partial charge in [-0.15, -0.1) is 0 Å². The molecule has 7 heteroatoms. The van der Waals surface area contributed by atoms with Crippen LogP contribution in [-0.2, 0) is 20.7 Å². The Kier molecular flexibility index (Phi) is 7.26. The predicted molar refractivity (Wildman–Crippen MR) is 132 cm³/mol. The van der Waals surface area contributed by atoms with Gasteiger partial charge in [0, 0.05) is 23.9 Å². The molecule has 2 atom stereocenters. The standard InChI is InChI=1S/C28H25NO6/c1-18(27(31)29-24(28(32)33-2)15-19-9-5-3-6-10-19)34-21-13-14-22-23(20-11-7-4-8-12-20)17-26(30)35-25(22)16-21/h3-14,16-18,24H,15H2,1-2H3,(H,29,31)/t18-,24+/m0/s1. The summed E-state index contributed by atoms with van der Waals surface area (Å²) in [6, 6.07) is 24.5. The number of hydrogen-bond donors (Lipinski definition) is 1. The molecule has 4 aromatic rings. The first kappa shape index (κ1) is 23.8. The Balaban J connectivity index is 1.51. The predicted octanol–water partition coefficient (Wildman–Crippen LogP) is 4.13. The van der Waals surface area contributed by atoms with E-state index in [1.54, 1.807) is 25.1 Å². The Morgan fingerprint density at radius 1 is 0.943 bits per heavy atom. The van der Waals surface area contributed by atoms with Gasteiger partial charge in [0.05, 0.1) is 7.11 Å². The van der Waals surface area contributed by atoms with Gasteiger partial charge in [-0.2, -0.15) is 0 Å². The van der Waals surface area contributed by atoms with E-state index >= 15 is 0 Å². The molecule has 35 heavy (non-hydrogen) atoms. The maximum absolute atomic E-state index is 12.8. The van der Waals surface area contributed by atoms with Crippen molar-refractivity contribution >= 4 is 22.8 Å². The first-order valence-corrected chi connectivity index (χ1v) is 11.2. The lowest BCUT2D eigenvalue weighted by atomic mass is 10.0. The molecular weight excluding hydrogens is 446 g/mol. The van der Waals surface area contributed by atoms with Crippen molar-refractivity contribution in [2.75, 3.05) is 7.11 Å². The zero-order valence-electron chi connectivity index (χ0n) is 19.4. The summed E-state index contributed by atoms with van der Waals surface area (Å²) < 4.78 is 16.0. The van der Waals surface area contributed by atoms with Crippen molar-refractivity contribution in [3.8, 4) is 16.9 Å². The number of rotatable bonds is 8. The first-order chi connectivity index (χ1) is 16.9. The normalized spacial score (nSPS) is 12.5. The lowest BCUT2D eigenvalue weighted by Crippen LogP contribution is -2.47. The number of amides is 1. The minimum atomic E-state index is -0.917. The van der Waals surface area contributed by atoms with Crippen molar-refractivity contribution in [1.82, 2.24) is 5.32 Å². The topological polar surface area (TPSA) is 94.8 Å². The number of nitrogens with one attached hydrogen (secondary N) is 1. The number of carbonyl (C=O) groups is 2. The summed E-state index contributed by atoms with van der Waals surface area (Å²) in [4.78, 5) is 37.2. The second-order valence-electron chi connectivity index (χ2n) is 8.04. The van der Waals surface area contributed by atoms with Gasteiger partial charge in [-0.1, -0.05) is 60.7 Å². The van der Waals surface area contributed by atoms with Gasteiger partial charge in [-0.3, -0.25) is 4.79 Å². The molecule has 4 rings (SSSR count). The second-order valence-corrected chi connectivity index (χ2v) is 8.04. The third kappa shape index (κ3) is 5.76. The molecular formula is C28H25NO6. The van der Waals surface area contributed by atoms with Gasteiger partial charge >= 0.3 is 11.6 Å². The molecule has 0 radical (unpaired) electrons. The zero-order valence-corrected chi connectivity index (χ0v) is 19.4. The van der Waals surface area contributed by atoms with E-state index in [0.29, 0.717) is 11.3 Å². The van der Waals surface area contributed by atoms with Crippen LogP contribution in [0.1, 0.15) is 12.5 Å². The van der Waals surface area contributed by atoms with E-state index in [1.165, 1.54) is 13.2 Å². The molecule has 1 N–H and O–H groups in total. The van der Waals surface area contributed by atoms with Crippen LogP contribution in [0.4, 0.5) is 0 Å². The molecule has 0 unspecified atom stereocenters. The van der Waals surface area contributed by atoms with Crippen LogP contribution in [0.25, 0.3) is 22.1 Å². The molecule has 178 valence electrons. The molecule has 0 bridgehead atoms. The fraction of sp³-hybridized carbons (Fsp3) is 0.179. The largest absolute Gasteiger partial charge is 0.481 e. The fourth-order valence-electron chi connectivity index (χ4n) is 3.80. The van der Waals surface area contributed by atoms with Crippen molar-refractivity contribution in [3.05, 3.63) is 101 Å². The van der Waals surface area contributed by atoms with Crippen LogP contribution < -0.4 is 15.7 Å². The van der Waals surface area contributed by atoms with Crippen molar-refractivity contribution in [1.29, 1.82) is 0 Å². The third-order valence-electron chi connectivity index (χ3n) is 5.57. The van der Waals surface area contributed by atoms with Crippen molar-refractivity contribution in [2.24, 2.45) is 0 Å². The van der Waals surface area contributed by atoms with E-state index in [1.807, 2.05) is 60.7 Å². The average Bonchev–Trinajstić information content (AvgIpc) is 2.88. The highest BCUT2D eigenvalue weighted by Crippen LogP contribution is 2.29. The first-order valence-electron chi connectivity index (χ1n) is 11.2. The monoisotopic (exact) mass is 471 g/mol. The molecule has 0 aliphatic rings. The van der Waals surface area contributed by atoms with Gasteiger partial charge in [0.15, 0.2) is 6.10 Å². The van der Waals surface area contributed by atoms with Gasteiger partial charge in [0.1, 0.15) is 17.4 Å². The summed E-state index contributed by atoms with van der Waals surface area (Å²) in [5.74, 6) is -0.669. The third-order valence-corrected chi connectivity index (χ3v) is 5.57. The second kappa shape index (κ2) is 10.7. The lowest BCUT2D eigenvalue weighted by Gasteiger charge is -2.20. The van der Waals surface area contributed by atoms with Crippen molar-refractivity contribution in [3.63, 3.8) is 0 Å². The van der Waals surface area contributed by atoms with Gasteiger partial charge in [0.25, 0.3) is 5.91 Å². The van der Waals surface area contributed by atoms with Gasteiger partial charge in [-0.25, -0.2) is 9.59 Å². The quantitative estimate of drug-likeness (QED) is 0.307. The van der Waals surface area contributed by atoms with Crippen LogP contribution in [0.5, 0.6) is 5.75 Å². The maximum atomic E-state index is 12.8. The Morgan fingerprint density at radius 3 is 2.31 bits per heavy atom. The average molecular weight is 472 g/mol. The van der Waals surface area contributed by atoms with Crippen LogP contribution >= 0.6 is 0 Å². The molecule has 0 aliphatic heterocycles. The SMILES string of the molecule is COC(=O)[C@@H](Cc1ccccc1)NC(=O)[C@H](C)Oc1ccc2c(-c3ccccc3)cc(=O)oc2c1. The minimum Gasteiger partial charge on any atom is -0.481 e. The van der Waals surface area contributed by atoms with E-state index in [0.717, 1.165) is 22.1 Å². The molecule has 7 nitrogen and oxygen atoms in total. The summed E-state index contributed by atoms with van der Waals surface area (Å²) in [6.07, 6.45) is -0.630. The Labute approximate surface area is 202 Å². The van der Waals surface area contributed by atoms with E-state index in [-0.39, 0.29) is 6.42 Å². The highest BCUT2D eigenvalue weighted by molar-refractivity contribution is 5.94. The fourth-order valence-corrected chi connectivity index (χ4v) is 3.80. The zero-order chi connectivity index (χ0) is 24.8. The van der Waals surface area contributed by atoms with Crippen LogP contribution in [0, 0.1) is 0 Å². The molecule has 0 spiro atoms. The number of ether oxygens (including phenoxy) is 2. The molecule has 0 aliphatic carbocycles. The van der Waals surface area contributed by atoms with E-state index in [2.05, 4.69) is 5.32 Å². The smallest absolute Gasteiger partial charge is 0.336 e. The summed E-state index contributed by atoms with van der Waals surface area (Å²) >= 11 is 0. The van der Waals surface area contributed by atoms with E-state index in [4.69, 9.17) is 13.9 Å². The highest BCUT2D eigenvalue weighted by Gasteiger charge is 2.25. The van der Waals surface area contributed by atoms with Crippen LogP contribution in [0.3, 0.4) is 0 Å². The summed E-state index contributed by atoms with van der Waals surface area (Å²) in [7, 11) is 1.28. The summed E-state index contributed by atoms with van der Waals surface area (Å²) in [5, 5.41) is 3.45. The van der Waals surface area contributed by atoms with Gasteiger partial charge < -0.3 is 19.2 Å². The number of fused-ring (bicyclic) bond motifs is 1. The summed E-state index contributed by atoms with van der Waals surface area (Å²) in [5.41, 5.74) is 2.38. The highest BCUT2D eigenvalue weighted by atomic mass is 16.5. The Hall–Kier alpha value is -4.39. The molecule has 1 heterocycles. The Morgan fingerprint density at radius 2 is 1.63 bits per heavy atom. The number of esters is 1. The van der Waals surface area contributed by atoms with Gasteiger partial charge in [-0.05, 0) is 35.7 Å². The van der Waals surface area contributed by atoms with Crippen molar-refractivity contribution in [2.45, 2.75) is 25.5 Å². The number of carbonyl (C=O) groups excluding carboxylic acids is 2. The van der Waals surface area contributed by atoms with Crippen LogP contribution in [-0.4, -0.2) is 31.1 Å². The lowest BCUT2D eigenvalue weighted by molar-refractivity contribution is -0.145. The molecule has 0 saturated heterocycles. The number of benzene rings is 3. The van der Waals surface area contributed by atoms with Crippen molar-refractivity contribution < 1.29 is 23.5 Å². The van der Waals surface area contributed by atoms with Crippen LogP contribution in [0.15, 0.2) is 94.1 Å². The molecule has 0 saturated carbocycles. The molecule has 1 aromatic heterocycles. The Bertz CT molecular complexity index is 1380. The van der Waals surface area contributed by atoms with E-state index in [9.17, 15) is 14.4 Å². The minimum absolute atomic E-state index is 0.287. The molecule has 0 fully saturated rings.